The fourth-order valence-corrected chi connectivity index (χ4v) is 1.31. The second-order valence-corrected chi connectivity index (χ2v) is 3.78. The van der Waals surface area contributed by atoms with Gasteiger partial charge in [-0.2, -0.15) is 0 Å². The molecule has 0 aromatic carbocycles. The largest absolute Gasteiger partial charge is 0.481 e. The number of hydrogen-bond donors (Lipinski definition) is 4. The average Bonchev–Trinajstić information content (AvgIpc) is 2.43. The van der Waals surface area contributed by atoms with Crippen LogP contribution in [0, 0.1) is 0 Å². The highest BCUT2D eigenvalue weighted by molar-refractivity contribution is 5.66. The normalized spacial score (nSPS) is 9.45. The summed E-state index contributed by atoms with van der Waals surface area (Å²) in [5.41, 5.74) is 7.31. The summed E-state index contributed by atoms with van der Waals surface area (Å²) in [4.78, 5) is 26.9. The van der Waals surface area contributed by atoms with Crippen LogP contribution < -0.4 is 11.3 Å². The monoisotopic (exact) mass is 277 g/mol. The molecule has 0 aliphatic rings. The quantitative estimate of drug-likeness (QED) is 0.645. The van der Waals surface area contributed by atoms with Crippen molar-refractivity contribution < 1.29 is 15.0 Å². The standard InChI is InChI=1S/C10H9N3O.C3H6O3/c11-9-5-8(6-13-10(9)14)7-1-3-12-4-2-7;4-2-1-3(5)6/h1-6H,11H2,(H,13,14);4H,1-2H2,(H,5,6). The van der Waals surface area contributed by atoms with E-state index in [1.54, 1.807) is 24.7 Å². The molecule has 5 N–H and O–H groups in total. The van der Waals surface area contributed by atoms with E-state index in [0.29, 0.717) is 0 Å². The number of hydrogen-bond acceptors (Lipinski definition) is 5. The zero-order valence-corrected chi connectivity index (χ0v) is 10.6. The maximum absolute atomic E-state index is 11.0. The van der Waals surface area contributed by atoms with Crippen molar-refractivity contribution >= 4 is 11.7 Å². The highest BCUT2D eigenvalue weighted by Crippen LogP contribution is 2.16. The Kier molecular flexibility index (Phi) is 5.92. The van der Waals surface area contributed by atoms with Gasteiger partial charge in [-0.3, -0.25) is 14.6 Å². The van der Waals surface area contributed by atoms with Gasteiger partial charge in [-0.1, -0.05) is 0 Å². The fraction of sp³-hybridized carbons (Fsp3) is 0.154. The van der Waals surface area contributed by atoms with E-state index < -0.39 is 5.97 Å². The number of aliphatic hydroxyl groups excluding tert-OH is 1. The van der Waals surface area contributed by atoms with E-state index in [-0.39, 0.29) is 24.3 Å². The lowest BCUT2D eigenvalue weighted by Gasteiger charge is -2.00. The van der Waals surface area contributed by atoms with Crippen molar-refractivity contribution in [3.63, 3.8) is 0 Å². The molecule has 0 unspecified atom stereocenters. The Morgan fingerprint density at radius 2 is 1.95 bits per heavy atom. The fourth-order valence-electron chi connectivity index (χ4n) is 1.31. The van der Waals surface area contributed by atoms with Crippen molar-refractivity contribution in [2.24, 2.45) is 0 Å². The van der Waals surface area contributed by atoms with Gasteiger partial charge in [-0.25, -0.2) is 0 Å². The Morgan fingerprint density at radius 3 is 2.40 bits per heavy atom. The van der Waals surface area contributed by atoms with Crippen LogP contribution in [0.3, 0.4) is 0 Å². The van der Waals surface area contributed by atoms with Crippen molar-refractivity contribution in [2.45, 2.75) is 6.42 Å². The summed E-state index contributed by atoms with van der Waals surface area (Å²) in [7, 11) is 0. The molecule has 0 aliphatic heterocycles. The summed E-state index contributed by atoms with van der Waals surface area (Å²) in [6.45, 7) is -0.269. The molecule has 0 radical (unpaired) electrons. The van der Waals surface area contributed by atoms with E-state index in [2.05, 4.69) is 9.97 Å². The van der Waals surface area contributed by atoms with Gasteiger partial charge in [0.25, 0.3) is 5.56 Å². The summed E-state index contributed by atoms with van der Waals surface area (Å²) in [6.07, 6.45) is 4.86. The van der Waals surface area contributed by atoms with E-state index >= 15 is 0 Å². The third-order valence-electron chi connectivity index (χ3n) is 2.27. The summed E-state index contributed by atoms with van der Waals surface area (Å²) in [6, 6.07) is 5.36. The molecule has 0 saturated heterocycles. The number of aromatic nitrogens is 2. The molecule has 2 aromatic heterocycles. The molecule has 106 valence electrons. The van der Waals surface area contributed by atoms with E-state index in [1.165, 1.54) is 0 Å². The van der Waals surface area contributed by atoms with Gasteiger partial charge in [0.05, 0.1) is 18.7 Å². The molecule has 2 heterocycles. The van der Waals surface area contributed by atoms with E-state index in [9.17, 15) is 9.59 Å². The third-order valence-corrected chi connectivity index (χ3v) is 2.27. The molecule has 0 fully saturated rings. The first kappa shape index (κ1) is 15.4. The Hall–Kier alpha value is -2.67. The number of nitrogens with zero attached hydrogens (tertiary/aromatic N) is 1. The van der Waals surface area contributed by atoms with E-state index in [4.69, 9.17) is 15.9 Å². The molecule has 7 nitrogen and oxygen atoms in total. The van der Waals surface area contributed by atoms with E-state index in [0.717, 1.165) is 11.1 Å². The van der Waals surface area contributed by atoms with Crippen LogP contribution in [0.2, 0.25) is 0 Å². The smallest absolute Gasteiger partial charge is 0.305 e. The zero-order chi connectivity index (χ0) is 15.0. The van der Waals surface area contributed by atoms with Crippen LogP contribution in [0.15, 0.2) is 41.6 Å². The first-order valence-corrected chi connectivity index (χ1v) is 5.76. The Balaban J connectivity index is 0.000000286. The Bertz CT molecular complexity index is 611. The topological polar surface area (TPSA) is 129 Å². The summed E-state index contributed by atoms with van der Waals surface area (Å²) in [5, 5.41) is 15.6. The van der Waals surface area contributed by atoms with Crippen molar-refractivity contribution in [1.82, 2.24) is 9.97 Å². The number of carboxylic acids is 1. The van der Waals surface area contributed by atoms with Gasteiger partial charge in [0.2, 0.25) is 0 Å². The predicted molar refractivity (Wildman–Crippen MR) is 74.0 cm³/mol. The third kappa shape index (κ3) is 4.91. The number of nitrogens with one attached hydrogen (secondary N) is 1. The minimum atomic E-state index is -0.961. The van der Waals surface area contributed by atoms with Crippen LogP contribution in [0.25, 0.3) is 11.1 Å². The van der Waals surface area contributed by atoms with Crippen LogP contribution >= 0.6 is 0 Å². The first-order valence-electron chi connectivity index (χ1n) is 5.76. The van der Waals surface area contributed by atoms with E-state index in [1.807, 2.05) is 12.1 Å². The molecule has 0 aliphatic carbocycles. The number of aromatic amines is 1. The number of nitrogen functional groups attached to an aromatic ring is 1. The molecule has 2 rings (SSSR count). The van der Waals surface area contributed by atoms with Gasteiger partial charge in [0.1, 0.15) is 0 Å². The van der Waals surface area contributed by atoms with Gasteiger partial charge < -0.3 is 20.9 Å². The Morgan fingerprint density at radius 1 is 1.30 bits per heavy atom. The number of anilines is 1. The number of rotatable bonds is 3. The number of H-pyrrole nitrogens is 1. The van der Waals surface area contributed by atoms with Crippen LogP contribution in [-0.4, -0.2) is 32.8 Å². The lowest BCUT2D eigenvalue weighted by molar-refractivity contribution is -0.137. The minimum absolute atomic E-state index is 0.153. The molecular weight excluding hydrogens is 262 g/mol. The zero-order valence-electron chi connectivity index (χ0n) is 10.6. The van der Waals surface area contributed by atoms with Crippen molar-refractivity contribution in [3.8, 4) is 11.1 Å². The highest BCUT2D eigenvalue weighted by Gasteiger charge is 1.99. The maximum atomic E-state index is 11.0. The van der Waals surface area contributed by atoms with Gasteiger partial charge in [-0.05, 0) is 23.8 Å². The molecule has 20 heavy (non-hydrogen) atoms. The van der Waals surface area contributed by atoms with Gasteiger partial charge in [0.15, 0.2) is 0 Å². The molecule has 7 heteroatoms. The van der Waals surface area contributed by atoms with Crippen molar-refractivity contribution in [3.05, 3.63) is 47.1 Å². The summed E-state index contributed by atoms with van der Waals surface area (Å²) in [5.74, 6) is -0.961. The predicted octanol–water partition coefficient (Wildman–Crippen LogP) is 0.472. The highest BCUT2D eigenvalue weighted by atomic mass is 16.4. The number of pyridine rings is 2. The van der Waals surface area contributed by atoms with Gasteiger partial charge in [0, 0.05) is 24.2 Å². The van der Waals surface area contributed by atoms with Crippen LogP contribution in [-0.2, 0) is 4.79 Å². The van der Waals surface area contributed by atoms with Crippen molar-refractivity contribution in [2.75, 3.05) is 12.3 Å². The van der Waals surface area contributed by atoms with Gasteiger partial charge >= 0.3 is 5.97 Å². The van der Waals surface area contributed by atoms with Crippen LogP contribution in [0.4, 0.5) is 5.69 Å². The first-order chi connectivity index (χ1) is 9.54. The lowest BCUT2D eigenvalue weighted by Crippen LogP contribution is -2.10. The number of aliphatic carboxylic acids is 1. The number of carbonyl (C=O) groups is 1. The average molecular weight is 277 g/mol. The molecule has 0 amide bonds. The maximum Gasteiger partial charge on any atom is 0.305 e. The molecule has 0 atom stereocenters. The van der Waals surface area contributed by atoms with Crippen LogP contribution in [0.5, 0.6) is 0 Å². The molecular formula is C13H15N3O4. The second kappa shape index (κ2) is 7.70. The number of aliphatic hydroxyl groups is 1. The molecule has 0 spiro atoms. The number of carboxylic acid groups (broad SMARTS) is 1. The summed E-state index contributed by atoms with van der Waals surface area (Å²) < 4.78 is 0. The minimum Gasteiger partial charge on any atom is -0.481 e. The molecule has 0 bridgehead atoms. The van der Waals surface area contributed by atoms with Gasteiger partial charge in [-0.15, -0.1) is 0 Å². The Labute approximate surface area is 114 Å². The SMILES string of the molecule is Nc1cc(-c2ccncc2)c[nH]c1=O.O=C(O)CCO. The van der Waals surface area contributed by atoms with Crippen molar-refractivity contribution in [1.29, 1.82) is 0 Å². The molecule has 0 saturated carbocycles. The lowest BCUT2D eigenvalue weighted by atomic mass is 10.1. The number of nitrogens with two attached hydrogens (primary N) is 1. The summed E-state index contributed by atoms with van der Waals surface area (Å²) >= 11 is 0. The molecule has 2 aromatic rings. The second-order valence-electron chi connectivity index (χ2n) is 3.78. The van der Waals surface area contributed by atoms with Crippen LogP contribution in [0.1, 0.15) is 6.42 Å².